The molecule has 20 heavy (non-hydrogen) atoms. The Morgan fingerprint density at radius 2 is 1.85 bits per heavy atom. The maximum Gasteiger partial charge on any atom is 0.218 e. The number of rotatable bonds is 4. The third-order valence-electron chi connectivity index (χ3n) is 3.80. The van der Waals surface area contributed by atoms with E-state index in [4.69, 9.17) is 0 Å². The Morgan fingerprint density at radius 1 is 1.25 bits per heavy atom. The average molecular weight is 322 g/mol. The minimum atomic E-state index is -3.48. The van der Waals surface area contributed by atoms with Crippen molar-refractivity contribution in [3.05, 3.63) is 12.2 Å². The van der Waals surface area contributed by atoms with Crippen LogP contribution in [0.5, 0.6) is 0 Å². The second kappa shape index (κ2) is 5.75. The highest BCUT2D eigenvalue weighted by Crippen LogP contribution is 2.23. The summed E-state index contributed by atoms with van der Waals surface area (Å²) in [5.41, 5.74) is 1.06. The molecule has 0 amide bonds. The summed E-state index contributed by atoms with van der Waals surface area (Å²) in [4.78, 5) is 2.17. The molecule has 0 unspecified atom stereocenters. The van der Waals surface area contributed by atoms with Gasteiger partial charge in [-0.1, -0.05) is 12.2 Å². The van der Waals surface area contributed by atoms with Crippen LogP contribution in [-0.2, 0) is 19.9 Å². The Bertz CT molecular complexity index is 575. The van der Waals surface area contributed by atoms with Crippen molar-refractivity contribution in [3.8, 4) is 0 Å². The van der Waals surface area contributed by atoms with Gasteiger partial charge < -0.3 is 0 Å². The minimum Gasteiger partial charge on any atom is -0.297 e. The fourth-order valence-electron chi connectivity index (χ4n) is 2.73. The second-order valence-electron chi connectivity index (χ2n) is 5.70. The van der Waals surface area contributed by atoms with Gasteiger partial charge in [-0.2, -0.15) is 4.31 Å². The molecule has 0 N–H and O–H groups in total. The zero-order valence-electron chi connectivity index (χ0n) is 11.8. The van der Waals surface area contributed by atoms with Crippen LogP contribution in [0.1, 0.15) is 13.3 Å². The van der Waals surface area contributed by atoms with Crippen molar-refractivity contribution in [2.45, 2.75) is 18.6 Å². The number of nitrogens with zero attached hydrogens (tertiary/aromatic N) is 2. The molecular formula is C12H22N2O4S2. The van der Waals surface area contributed by atoms with Gasteiger partial charge in [0, 0.05) is 32.7 Å². The standard InChI is InChI=1S/C12H22N2O4S2/c1-11(2)9-13-4-6-14(7-5-13)20(17,18)12-3-8-19(15,16)10-12/h12H,1,3-10H2,2H3/t12-/m1/s1. The maximum absolute atomic E-state index is 12.4. The highest BCUT2D eigenvalue weighted by atomic mass is 32.2. The third-order valence-corrected chi connectivity index (χ3v) is 8.11. The van der Waals surface area contributed by atoms with E-state index in [0.717, 1.165) is 12.1 Å². The number of hydrogen-bond donors (Lipinski definition) is 0. The molecule has 2 aliphatic heterocycles. The molecule has 0 radical (unpaired) electrons. The summed E-state index contributed by atoms with van der Waals surface area (Å²) in [6, 6.07) is 0. The van der Waals surface area contributed by atoms with Crippen LogP contribution in [0, 0.1) is 0 Å². The van der Waals surface area contributed by atoms with Crippen molar-refractivity contribution in [1.29, 1.82) is 0 Å². The monoisotopic (exact) mass is 322 g/mol. The van der Waals surface area contributed by atoms with Gasteiger partial charge in [-0.25, -0.2) is 16.8 Å². The SMILES string of the molecule is C=C(C)CN1CCN(S(=O)(=O)[C@@H]2CCS(=O)(=O)C2)CC1. The lowest BCUT2D eigenvalue weighted by molar-refractivity contribution is 0.200. The smallest absolute Gasteiger partial charge is 0.218 e. The van der Waals surface area contributed by atoms with Gasteiger partial charge in [0.2, 0.25) is 10.0 Å². The van der Waals surface area contributed by atoms with Crippen LogP contribution < -0.4 is 0 Å². The van der Waals surface area contributed by atoms with Gasteiger partial charge in [-0.3, -0.25) is 4.90 Å². The number of hydrogen-bond acceptors (Lipinski definition) is 5. The molecule has 2 fully saturated rings. The highest BCUT2D eigenvalue weighted by molar-refractivity contribution is 7.95. The van der Waals surface area contributed by atoms with E-state index >= 15 is 0 Å². The molecule has 0 aromatic rings. The molecule has 2 saturated heterocycles. The predicted octanol–water partition coefficient (Wildman–Crippen LogP) is -0.303. The quantitative estimate of drug-likeness (QED) is 0.664. The first-order valence-electron chi connectivity index (χ1n) is 6.77. The van der Waals surface area contributed by atoms with Crippen LogP contribution in [0.2, 0.25) is 0 Å². The maximum atomic E-state index is 12.4. The van der Waals surface area contributed by atoms with Crippen molar-refractivity contribution >= 4 is 19.9 Å². The van der Waals surface area contributed by atoms with E-state index in [0.29, 0.717) is 26.2 Å². The summed E-state index contributed by atoms with van der Waals surface area (Å²) in [6.07, 6.45) is 0.233. The normalized spacial score (nSPS) is 28.6. The fraction of sp³-hybridized carbons (Fsp3) is 0.833. The van der Waals surface area contributed by atoms with Crippen molar-refractivity contribution < 1.29 is 16.8 Å². The molecule has 8 heteroatoms. The van der Waals surface area contributed by atoms with E-state index in [1.807, 2.05) is 6.92 Å². The molecule has 6 nitrogen and oxygen atoms in total. The lowest BCUT2D eigenvalue weighted by Gasteiger charge is -2.35. The molecule has 2 heterocycles. The average Bonchev–Trinajstić information content (AvgIpc) is 2.70. The van der Waals surface area contributed by atoms with Crippen molar-refractivity contribution in [1.82, 2.24) is 9.21 Å². The molecule has 2 rings (SSSR count). The van der Waals surface area contributed by atoms with Crippen molar-refractivity contribution in [2.24, 2.45) is 0 Å². The Labute approximate surface area is 121 Å². The van der Waals surface area contributed by atoms with Gasteiger partial charge >= 0.3 is 0 Å². The van der Waals surface area contributed by atoms with Crippen LogP contribution in [-0.4, -0.2) is 75.5 Å². The van der Waals surface area contributed by atoms with E-state index in [-0.39, 0.29) is 17.9 Å². The molecule has 0 aliphatic carbocycles. The Hall–Kier alpha value is -0.440. The summed E-state index contributed by atoms with van der Waals surface area (Å²) in [7, 11) is -6.65. The first-order chi connectivity index (χ1) is 9.21. The van der Waals surface area contributed by atoms with Gasteiger partial charge in [-0.05, 0) is 13.3 Å². The molecule has 116 valence electrons. The largest absolute Gasteiger partial charge is 0.297 e. The molecule has 0 aromatic heterocycles. The Kier molecular flexibility index (Phi) is 4.58. The summed E-state index contributed by atoms with van der Waals surface area (Å²) in [5.74, 6) is -0.228. The van der Waals surface area contributed by atoms with Crippen LogP contribution in [0.3, 0.4) is 0 Å². The lowest BCUT2D eigenvalue weighted by Crippen LogP contribution is -2.51. The van der Waals surface area contributed by atoms with Gasteiger partial charge in [0.15, 0.2) is 9.84 Å². The second-order valence-corrected chi connectivity index (χ2v) is 10.1. The molecule has 0 aromatic carbocycles. The fourth-order valence-corrected chi connectivity index (χ4v) is 7.24. The topological polar surface area (TPSA) is 74.8 Å². The van der Waals surface area contributed by atoms with Crippen molar-refractivity contribution in [2.75, 3.05) is 44.2 Å². The summed E-state index contributed by atoms with van der Waals surface area (Å²) < 4.78 is 49.2. The molecule has 1 atom stereocenters. The van der Waals surface area contributed by atoms with Crippen LogP contribution in [0.15, 0.2) is 12.2 Å². The van der Waals surface area contributed by atoms with Gasteiger partial charge in [0.25, 0.3) is 0 Å². The zero-order valence-corrected chi connectivity index (χ0v) is 13.4. The summed E-state index contributed by atoms with van der Waals surface area (Å²) in [5, 5.41) is -0.750. The van der Waals surface area contributed by atoms with Crippen LogP contribution in [0.4, 0.5) is 0 Å². The molecule has 2 aliphatic rings. The predicted molar refractivity (Wildman–Crippen MR) is 78.8 cm³/mol. The van der Waals surface area contributed by atoms with E-state index in [9.17, 15) is 16.8 Å². The summed E-state index contributed by atoms with van der Waals surface area (Å²) in [6.45, 7) is 8.81. The number of sulfone groups is 1. The van der Waals surface area contributed by atoms with E-state index < -0.39 is 25.1 Å². The molecule has 0 saturated carbocycles. The zero-order chi connectivity index (χ0) is 15.0. The summed E-state index contributed by atoms with van der Waals surface area (Å²) >= 11 is 0. The first kappa shape index (κ1) is 15.9. The minimum absolute atomic E-state index is 0.00742. The first-order valence-corrected chi connectivity index (χ1v) is 10.1. The van der Waals surface area contributed by atoms with E-state index in [1.54, 1.807) is 0 Å². The molecule has 0 bridgehead atoms. The molecule has 0 spiro atoms. The Balaban J connectivity index is 1.97. The number of piperazine rings is 1. The number of sulfonamides is 1. The van der Waals surface area contributed by atoms with Crippen LogP contribution in [0.25, 0.3) is 0 Å². The van der Waals surface area contributed by atoms with Gasteiger partial charge in [0.1, 0.15) is 0 Å². The lowest BCUT2D eigenvalue weighted by atomic mass is 10.3. The third kappa shape index (κ3) is 3.60. The van der Waals surface area contributed by atoms with Crippen molar-refractivity contribution in [3.63, 3.8) is 0 Å². The Morgan fingerprint density at radius 3 is 2.30 bits per heavy atom. The van der Waals surface area contributed by atoms with E-state index in [1.165, 1.54) is 4.31 Å². The highest BCUT2D eigenvalue weighted by Gasteiger charge is 2.41. The van der Waals surface area contributed by atoms with Gasteiger partial charge in [0.05, 0.1) is 16.8 Å². The molecular weight excluding hydrogens is 300 g/mol. The van der Waals surface area contributed by atoms with Crippen LogP contribution >= 0.6 is 0 Å². The van der Waals surface area contributed by atoms with E-state index in [2.05, 4.69) is 11.5 Å². The van der Waals surface area contributed by atoms with Gasteiger partial charge in [-0.15, -0.1) is 0 Å².